The van der Waals surface area contributed by atoms with Crippen LogP contribution in [0.4, 0.5) is 5.13 Å². The molecule has 2 heterocycles. The smallest absolute Gasteiger partial charge is 0.277 e. The second-order valence-electron chi connectivity index (χ2n) is 5.00. The van der Waals surface area contributed by atoms with Crippen LogP contribution in [0.1, 0.15) is 50.4 Å². The molecule has 0 unspecified atom stereocenters. The van der Waals surface area contributed by atoms with Crippen molar-refractivity contribution in [2.45, 2.75) is 44.8 Å². The minimum Gasteiger partial charge on any atom is -0.416 e. The van der Waals surface area contributed by atoms with Crippen molar-refractivity contribution in [2.75, 3.05) is 11.1 Å². The quantitative estimate of drug-likeness (QED) is 0.815. The van der Waals surface area contributed by atoms with Crippen LogP contribution in [0.3, 0.4) is 0 Å². The number of hydrogen-bond acceptors (Lipinski definition) is 8. The van der Waals surface area contributed by atoms with Crippen molar-refractivity contribution < 1.29 is 9.21 Å². The predicted molar refractivity (Wildman–Crippen MR) is 81.7 cm³/mol. The van der Waals surface area contributed by atoms with Crippen molar-refractivity contribution in [3.05, 3.63) is 10.9 Å². The summed E-state index contributed by atoms with van der Waals surface area (Å²) in [6.07, 6.45) is 0. The lowest BCUT2D eigenvalue weighted by molar-refractivity contribution is -0.113. The highest BCUT2D eigenvalue weighted by Crippen LogP contribution is 2.23. The van der Waals surface area contributed by atoms with E-state index in [9.17, 15) is 4.79 Å². The van der Waals surface area contributed by atoms with E-state index >= 15 is 0 Å². The molecule has 7 nitrogen and oxygen atoms in total. The van der Waals surface area contributed by atoms with Gasteiger partial charge in [-0.1, -0.05) is 50.8 Å². The largest absolute Gasteiger partial charge is 0.416 e. The Morgan fingerprint density at radius 3 is 2.52 bits per heavy atom. The van der Waals surface area contributed by atoms with E-state index in [0.29, 0.717) is 22.2 Å². The molecule has 2 aromatic heterocycles. The molecule has 0 spiro atoms. The molecule has 0 atom stereocenters. The monoisotopic (exact) mass is 327 g/mol. The summed E-state index contributed by atoms with van der Waals surface area (Å²) in [5.74, 6) is 1.07. The van der Waals surface area contributed by atoms with Gasteiger partial charge in [-0.15, -0.1) is 20.4 Å². The fourth-order valence-corrected chi connectivity index (χ4v) is 2.64. The number of aromatic nitrogens is 4. The van der Waals surface area contributed by atoms with Gasteiger partial charge >= 0.3 is 0 Å². The summed E-state index contributed by atoms with van der Waals surface area (Å²) < 4.78 is 5.42. The Hall–Kier alpha value is -1.48. The van der Waals surface area contributed by atoms with Gasteiger partial charge < -0.3 is 4.42 Å². The Morgan fingerprint density at radius 2 is 1.95 bits per heavy atom. The fraction of sp³-hybridized carbons (Fsp3) is 0.583. The van der Waals surface area contributed by atoms with E-state index in [1.807, 2.05) is 27.7 Å². The van der Waals surface area contributed by atoms with Crippen molar-refractivity contribution in [1.29, 1.82) is 0 Å². The molecule has 0 fully saturated rings. The van der Waals surface area contributed by atoms with E-state index in [0.717, 1.165) is 5.01 Å². The molecule has 0 aliphatic heterocycles. The van der Waals surface area contributed by atoms with Crippen molar-refractivity contribution in [1.82, 2.24) is 20.4 Å². The van der Waals surface area contributed by atoms with Gasteiger partial charge in [0, 0.05) is 11.8 Å². The second-order valence-corrected chi connectivity index (χ2v) is 6.93. The molecular formula is C12H17N5O2S2. The van der Waals surface area contributed by atoms with Crippen molar-refractivity contribution >= 4 is 34.1 Å². The molecular weight excluding hydrogens is 310 g/mol. The minimum atomic E-state index is -0.171. The summed E-state index contributed by atoms with van der Waals surface area (Å²) in [5.41, 5.74) is 0. The molecule has 1 N–H and O–H groups in total. The van der Waals surface area contributed by atoms with Crippen LogP contribution in [0.5, 0.6) is 0 Å². The number of nitrogens with zero attached hydrogens (tertiary/aromatic N) is 4. The fourth-order valence-electron chi connectivity index (χ4n) is 1.31. The van der Waals surface area contributed by atoms with E-state index in [1.165, 1.54) is 23.1 Å². The van der Waals surface area contributed by atoms with Gasteiger partial charge in [0.2, 0.25) is 16.9 Å². The van der Waals surface area contributed by atoms with Crippen LogP contribution in [0.15, 0.2) is 9.64 Å². The van der Waals surface area contributed by atoms with Gasteiger partial charge in [-0.3, -0.25) is 10.1 Å². The highest BCUT2D eigenvalue weighted by molar-refractivity contribution is 7.99. The van der Waals surface area contributed by atoms with Crippen molar-refractivity contribution in [3.63, 3.8) is 0 Å². The second kappa shape index (κ2) is 6.99. The summed E-state index contributed by atoms with van der Waals surface area (Å²) in [4.78, 5) is 11.8. The average molecular weight is 327 g/mol. The van der Waals surface area contributed by atoms with Crippen LogP contribution in [-0.4, -0.2) is 32.1 Å². The zero-order valence-corrected chi connectivity index (χ0v) is 13.9. The molecule has 0 aliphatic carbocycles. The topological polar surface area (TPSA) is 93.8 Å². The standard InChI is InChI=1S/C12H17N5O2S2/c1-6(2)9-14-17-12(19-9)20-5-8(18)13-11-16-15-10(21-11)7(3)4/h6-7H,5H2,1-4H3,(H,13,16,18). The molecule has 0 bridgehead atoms. The number of nitrogens with one attached hydrogen (secondary N) is 1. The molecule has 2 aromatic rings. The number of rotatable bonds is 6. The number of anilines is 1. The molecule has 0 aliphatic rings. The lowest BCUT2D eigenvalue weighted by atomic mass is 10.2. The SMILES string of the molecule is CC(C)c1nnc(SCC(=O)Nc2nnc(C(C)C)s2)o1. The predicted octanol–water partition coefficient (Wildman–Crippen LogP) is 2.90. The van der Waals surface area contributed by atoms with Gasteiger partial charge in [0.05, 0.1) is 5.75 Å². The number of hydrogen-bond donors (Lipinski definition) is 1. The van der Waals surface area contributed by atoms with Crippen molar-refractivity contribution in [3.8, 4) is 0 Å². The summed E-state index contributed by atoms with van der Waals surface area (Å²) in [6, 6.07) is 0. The van der Waals surface area contributed by atoms with Crippen LogP contribution >= 0.6 is 23.1 Å². The summed E-state index contributed by atoms with van der Waals surface area (Å²) in [6.45, 7) is 8.00. The van der Waals surface area contributed by atoms with E-state index in [4.69, 9.17) is 4.42 Å². The minimum absolute atomic E-state index is 0.171. The van der Waals surface area contributed by atoms with E-state index in [-0.39, 0.29) is 17.6 Å². The van der Waals surface area contributed by atoms with Gasteiger partial charge in [-0.2, -0.15) is 0 Å². The molecule has 9 heteroatoms. The van der Waals surface area contributed by atoms with Crippen LogP contribution in [0.2, 0.25) is 0 Å². The van der Waals surface area contributed by atoms with Crippen LogP contribution < -0.4 is 5.32 Å². The van der Waals surface area contributed by atoms with Crippen LogP contribution in [-0.2, 0) is 4.79 Å². The van der Waals surface area contributed by atoms with Gasteiger partial charge in [0.1, 0.15) is 5.01 Å². The first-order chi connectivity index (χ1) is 9.95. The maximum absolute atomic E-state index is 11.8. The number of carbonyl (C=O) groups excluding carboxylic acids is 1. The van der Waals surface area contributed by atoms with E-state index < -0.39 is 0 Å². The normalized spacial score (nSPS) is 11.3. The molecule has 0 radical (unpaired) electrons. The summed E-state index contributed by atoms with van der Waals surface area (Å²) >= 11 is 2.59. The number of carbonyl (C=O) groups is 1. The van der Waals surface area contributed by atoms with E-state index in [2.05, 4.69) is 25.7 Å². The van der Waals surface area contributed by atoms with Crippen LogP contribution in [0.25, 0.3) is 0 Å². The first-order valence-electron chi connectivity index (χ1n) is 6.55. The zero-order chi connectivity index (χ0) is 15.4. The molecule has 21 heavy (non-hydrogen) atoms. The Morgan fingerprint density at radius 1 is 1.19 bits per heavy atom. The maximum atomic E-state index is 11.8. The third kappa shape index (κ3) is 4.50. The maximum Gasteiger partial charge on any atom is 0.277 e. The highest BCUT2D eigenvalue weighted by Gasteiger charge is 2.14. The first-order valence-corrected chi connectivity index (χ1v) is 8.35. The Bertz CT molecular complexity index is 608. The third-order valence-electron chi connectivity index (χ3n) is 2.42. The lowest BCUT2D eigenvalue weighted by Gasteiger charge is -1.98. The van der Waals surface area contributed by atoms with Gasteiger partial charge in [0.15, 0.2) is 0 Å². The Kier molecular flexibility index (Phi) is 5.29. The number of amides is 1. The van der Waals surface area contributed by atoms with Crippen molar-refractivity contribution in [2.24, 2.45) is 0 Å². The molecule has 1 amide bonds. The lowest BCUT2D eigenvalue weighted by Crippen LogP contribution is -2.13. The molecule has 0 saturated heterocycles. The average Bonchev–Trinajstić information content (AvgIpc) is 3.05. The molecule has 0 saturated carbocycles. The van der Waals surface area contributed by atoms with Gasteiger partial charge in [-0.25, -0.2) is 0 Å². The van der Waals surface area contributed by atoms with E-state index in [1.54, 1.807) is 0 Å². The molecule has 114 valence electrons. The number of thioether (sulfide) groups is 1. The Balaban J connectivity index is 1.83. The molecule has 2 rings (SSSR count). The highest BCUT2D eigenvalue weighted by atomic mass is 32.2. The van der Waals surface area contributed by atoms with Crippen LogP contribution in [0, 0.1) is 0 Å². The Labute approximate surface area is 130 Å². The first kappa shape index (κ1) is 15.9. The van der Waals surface area contributed by atoms with Gasteiger partial charge in [0.25, 0.3) is 5.22 Å². The van der Waals surface area contributed by atoms with Gasteiger partial charge in [-0.05, 0) is 0 Å². The summed E-state index contributed by atoms with van der Waals surface area (Å²) in [7, 11) is 0. The molecule has 0 aromatic carbocycles. The summed E-state index contributed by atoms with van der Waals surface area (Å²) in [5, 5.41) is 20.3. The third-order valence-corrected chi connectivity index (χ3v) is 4.38. The zero-order valence-electron chi connectivity index (χ0n) is 12.3.